The first-order valence-electron chi connectivity index (χ1n) is 5.95. The first-order valence-corrected chi connectivity index (χ1v) is 5.95. The molecule has 0 aliphatic heterocycles. The zero-order chi connectivity index (χ0) is 11.7. The first kappa shape index (κ1) is 10.3. The van der Waals surface area contributed by atoms with E-state index in [-0.39, 0.29) is 0 Å². The van der Waals surface area contributed by atoms with Gasteiger partial charge in [0.2, 0.25) is 6.29 Å². The Kier molecular flexibility index (Phi) is 2.52. The molecule has 2 aromatic carbocycles. The largest absolute Gasteiger partial charge is 0.285 e. The third-order valence-corrected chi connectivity index (χ3v) is 3.30. The van der Waals surface area contributed by atoms with Crippen LogP contribution >= 0.6 is 0 Å². The minimum absolute atomic E-state index is 0.600. The predicted molar refractivity (Wildman–Crippen MR) is 68.6 cm³/mol. The highest BCUT2D eigenvalue weighted by atomic mass is 16.1. The lowest BCUT2D eigenvalue weighted by Crippen LogP contribution is -1.83. The number of rotatable bonds is 3. The van der Waals surface area contributed by atoms with Crippen LogP contribution in [0.4, 0.5) is 0 Å². The normalized spacial score (nSPS) is 14.6. The third-order valence-electron chi connectivity index (χ3n) is 3.30. The Hall–Kier alpha value is -1.89. The van der Waals surface area contributed by atoms with E-state index in [0.717, 1.165) is 11.5 Å². The molecule has 1 aliphatic rings. The summed E-state index contributed by atoms with van der Waals surface area (Å²) in [6.07, 6.45) is 4.56. The standard InChI is InChI=1S/C16H13O/c17-11-12-1-3-13(4-2-12)14-5-7-15(8-6-14)16-9-10-16/h1-8,16H,9-10H2. The van der Waals surface area contributed by atoms with E-state index >= 15 is 0 Å². The molecule has 17 heavy (non-hydrogen) atoms. The van der Waals surface area contributed by atoms with Crippen molar-refractivity contribution in [3.05, 3.63) is 59.7 Å². The van der Waals surface area contributed by atoms with E-state index in [0.29, 0.717) is 5.56 Å². The van der Waals surface area contributed by atoms with Crippen molar-refractivity contribution < 1.29 is 4.79 Å². The molecular weight excluding hydrogens is 208 g/mol. The summed E-state index contributed by atoms with van der Waals surface area (Å²) in [4.78, 5) is 10.5. The summed E-state index contributed by atoms with van der Waals surface area (Å²) in [7, 11) is 0. The number of carbonyl (C=O) groups excluding carboxylic acids is 1. The molecule has 1 fully saturated rings. The van der Waals surface area contributed by atoms with Crippen molar-refractivity contribution in [3.8, 4) is 11.1 Å². The van der Waals surface area contributed by atoms with Crippen LogP contribution in [0, 0.1) is 0 Å². The molecular formula is C16H13O. The average molecular weight is 221 g/mol. The highest BCUT2D eigenvalue weighted by Gasteiger charge is 2.22. The monoisotopic (exact) mass is 221 g/mol. The summed E-state index contributed by atoms with van der Waals surface area (Å²) in [5, 5.41) is 0. The molecule has 0 unspecified atom stereocenters. The zero-order valence-corrected chi connectivity index (χ0v) is 9.52. The second kappa shape index (κ2) is 4.17. The lowest BCUT2D eigenvalue weighted by molar-refractivity contribution is 0.563. The molecule has 1 saturated carbocycles. The van der Waals surface area contributed by atoms with Gasteiger partial charge in [0.15, 0.2) is 0 Å². The molecule has 0 heterocycles. The van der Waals surface area contributed by atoms with Gasteiger partial charge in [0.05, 0.1) is 0 Å². The molecule has 83 valence electrons. The summed E-state index contributed by atoms with van der Waals surface area (Å²) in [5.74, 6) is 0.802. The Balaban J connectivity index is 1.88. The summed E-state index contributed by atoms with van der Waals surface area (Å²) in [6, 6.07) is 16.3. The average Bonchev–Trinajstić information content (AvgIpc) is 3.24. The van der Waals surface area contributed by atoms with Crippen LogP contribution in [-0.4, -0.2) is 6.29 Å². The van der Waals surface area contributed by atoms with Crippen molar-refractivity contribution in [2.45, 2.75) is 18.8 Å². The van der Waals surface area contributed by atoms with Gasteiger partial charge in [-0.05, 0) is 35.4 Å². The van der Waals surface area contributed by atoms with E-state index in [1.54, 1.807) is 12.1 Å². The molecule has 0 spiro atoms. The molecule has 3 rings (SSSR count). The van der Waals surface area contributed by atoms with Crippen LogP contribution in [0.25, 0.3) is 11.1 Å². The van der Waals surface area contributed by atoms with Gasteiger partial charge in [0.1, 0.15) is 0 Å². The topological polar surface area (TPSA) is 17.1 Å². The Morgan fingerprint density at radius 2 is 1.35 bits per heavy atom. The molecule has 0 aromatic heterocycles. The minimum atomic E-state index is 0.600. The van der Waals surface area contributed by atoms with Gasteiger partial charge in [0, 0.05) is 5.56 Å². The lowest BCUT2D eigenvalue weighted by Gasteiger charge is -2.03. The maximum Gasteiger partial charge on any atom is 0.233 e. The smallest absolute Gasteiger partial charge is 0.233 e. The molecule has 1 nitrogen and oxygen atoms in total. The van der Waals surface area contributed by atoms with Gasteiger partial charge < -0.3 is 0 Å². The van der Waals surface area contributed by atoms with E-state index < -0.39 is 0 Å². The first-order chi connectivity index (χ1) is 8.36. The van der Waals surface area contributed by atoms with Crippen molar-refractivity contribution in [2.75, 3.05) is 0 Å². The van der Waals surface area contributed by atoms with E-state index in [1.807, 2.05) is 18.4 Å². The van der Waals surface area contributed by atoms with E-state index in [2.05, 4.69) is 24.3 Å². The second-order valence-corrected chi connectivity index (χ2v) is 4.58. The molecule has 1 heteroatoms. The Labute approximate surface area is 101 Å². The molecule has 0 bridgehead atoms. The van der Waals surface area contributed by atoms with E-state index in [1.165, 1.54) is 24.0 Å². The van der Waals surface area contributed by atoms with Gasteiger partial charge in [-0.3, -0.25) is 4.79 Å². The number of hydrogen-bond donors (Lipinski definition) is 0. The van der Waals surface area contributed by atoms with Crippen molar-refractivity contribution in [1.29, 1.82) is 0 Å². The number of benzene rings is 2. The van der Waals surface area contributed by atoms with Crippen molar-refractivity contribution in [1.82, 2.24) is 0 Å². The van der Waals surface area contributed by atoms with Crippen LogP contribution in [0.15, 0.2) is 48.5 Å². The fourth-order valence-electron chi connectivity index (χ4n) is 2.10. The van der Waals surface area contributed by atoms with Crippen LogP contribution in [0.2, 0.25) is 0 Å². The minimum Gasteiger partial charge on any atom is -0.285 e. The van der Waals surface area contributed by atoms with Crippen LogP contribution in [0.1, 0.15) is 29.9 Å². The highest BCUT2D eigenvalue weighted by molar-refractivity contribution is 5.77. The molecule has 1 radical (unpaired) electrons. The predicted octanol–water partition coefficient (Wildman–Crippen LogP) is 3.69. The Morgan fingerprint density at radius 1 is 0.824 bits per heavy atom. The van der Waals surface area contributed by atoms with Gasteiger partial charge in [-0.2, -0.15) is 0 Å². The SMILES string of the molecule is O=[C]c1ccc(-c2ccc(C3CC3)cc2)cc1. The van der Waals surface area contributed by atoms with Crippen LogP contribution in [0.5, 0.6) is 0 Å². The van der Waals surface area contributed by atoms with Gasteiger partial charge in [-0.25, -0.2) is 0 Å². The molecule has 0 N–H and O–H groups in total. The summed E-state index contributed by atoms with van der Waals surface area (Å²) in [6.45, 7) is 0. The van der Waals surface area contributed by atoms with Crippen LogP contribution < -0.4 is 0 Å². The maximum absolute atomic E-state index is 10.5. The summed E-state index contributed by atoms with van der Waals surface area (Å²) < 4.78 is 0. The summed E-state index contributed by atoms with van der Waals surface area (Å²) >= 11 is 0. The quantitative estimate of drug-likeness (QED) is 0.772. The van der Waals surface area contributed by atoms with Gasteiger partial charge >= 0.3 is 0 Å². The zero-order valence-electron chi connectivity index (χ0n) is 9.52. The van der Waals surface area contributed by atoms with Crippen LogP contribution in [0.3, 0.4) is 0 Å². The molecule has 1 aliphatic carbocycles. The fourth-order valence-corrected chi connectivity index (χ4v) is 2.10. The maximum atomic E-state index is 10.5. The van der Waals surface area contributed by atoms with Crippen molar-refractivity contribution >= 4 is 6.29 Å². The van der Waals surface area contributed by atoms with Gasteiger partial charge in [-0.1, -0.05) is 48.5 Å². The Bertz CT molecular complexity index is 518. The van der Waals surface area contributed by atoms with Gasteiger partial charge in [0.25, 0.3) is 0 Å². The molecule has 0 amide bonds. The van der Waals surface area contributed by atoms with E-state index in [4.69, 9.17) is 0 Å². The fraction of sp³-hybridized carbons (Fsp3) is 0.188. The Morgan fingerprint density at radius 3 is 1.82 bits per heavy atom. The second-order valence-electron chi connectivity index (χ2n) is 4.58. The van der Waals surface area contributed by atoms with Crippen LogP contribution in [-0.2, 0) is 4.79 Å². The van der Waals surface area contributed by atoms with Crippen molar-refractivity contribution in [2.24, 2.45) is 0 Å². The third kappa shape index (κ3) is 2.14. The molecule has 2 aromatic rings. The molecule has 0 saturated heterocycles. The lowest BCUT2D eigenvalue weighted by atomic mass is 10.0. The summed E-state index contributed by atoms with van der Waals surface area (Å²) in [5.41, 5.74) is 4.40. The van der Waals surface area contributed by atoms with E-state index in [9.17, 15) is 4.79 Å². The van der Waals surface area contributed by atoms with Crippen molar-refractivity contribution in [3.63, 3.8) is 0 Å². The highest BCUT2D eigenvalue weighted by Crippen LogP contribution is 2.40. The van der Waals surface area contributed by atoms with Gasteiger partial charge in [-0.15, -0.1) is 0 Å². The number of hydrogen-bond acceptors (Lipinski definition) is 1. The molecule has 0 atom stereocenters.